The van der Waals surface area contributed by atoms with Crippen molar-refractivity contribution >= 4 is 0 Å². The van der Waals surface area contributed by atoms with E-state index in [0.717, 1.165) is 12.1 Å². The predicted molar refractivity (Wildman–Crippen MR) is 61.4 cm³/mol. The minimum Gasteiger partial charge on any atom is -0.491 e. The molecule has 0 aliphatic carbocycles. The number of rotatable bonds is 6. The first-order valence-corrected chi connectivity index (χ1v) is 5.63. The number of benzene rings is 1. The minimum absolute atomic E-state index is 0.0565. The molecule has 1 rings (SSSR count). The second-order valence-electron chi connectivity index (χ2n) is 3.78. The number of aliphatic hydroxyl groups excluding tert-OH is 1. The van der Waals surface area contributed by atoms with Crippen LogP contribution in [0.3, 0.4) is 0 Å². The Morgan fingerprint density at radius 3 is 2.56 bits per heavy atom. The number of aryl methyl sites for hydroxylation is 1. The molecule has 0 heterocycles. The van der Waals surface area contributed by atoms with Gasteiger partial charge in [-0.25, -0.2) is 0 Å². The molecule has 0 saturated carbocycles. The van der Waals surface area contributed by atoms with E-state index in [1.54, 1.807) is 0 Å². The monoisotopic (exact) mass is 263 g/mol. The number of ether oxygens (including phenoxy) is 1. The first-order valence-electron chi connectivity index (χ1n) is 5.63. The van der Waals surface area contributed by atoms with E-state index >= 15 is 0 Å². The van der Waals surface area contributed by atoms with E-state index in [2.05, 4.69) is 0 Å². The fraction of sp³-hybridized carbons (Fsp3) is 0.500. The Balaban J connectivity index is 2.96. The summed E-state index contributed by atoms with van der Waals surface area (Å²) in [4.78, 5) is 0. The standard InChI is InChI=1S/C12H16F3NO2/c13-12(14,15)10-3-4-11(18-7-6-17)9(8-10)2-1-5-16/h3-4,8,17H,1-2,5-7,16H2. The van der Waals surface area contributed by atoms with Crippen molar-refractivity contribution < 1.29 is 23.0 Å². The second kappa shape index (κ2) is 6.61. The van der Waals surface area contributed by atoms with Gasteiger partial charge in [-0.1, -0.05) is 0 Å². The molecule has 0 radical (unpaired) electrons. The van der Waals surface area contributed by atoms with Gasteiger partial charge in [-0.2, -0.15) is 13.2 Å². The van der Waals surface area contributed by atoms with Crippen molar-refractivity contribution in [1.82, 2.24) is 0 Å². The van der Waals surface area contributed by atoms with Crippen molar-refractivity contribution in [2.45, 2.75) is 19.0 Å². The van der Waals surface area contributed by atoms with Gasteiger partial charge in [0.15, 0.2) is 0 Å². The van der Waals surface area contributed by atoms with Crippen LogP contribution in [-0.2, 0) is 12.6 Å². The molecular formula is C12H16F3NO2. The largest absolute Gasteiger partial charge is 0.491 e. The van der Waals surface area contributed by atoms with E-state index in [1.807, 2.05) is 0 Å². The maximum atomic E-state index is 12.6. The number of nitrogens with two attached hydrogens (primary N) is 1. The van der Waals surface area contributed by atoms with E-state index in [0.29, 0.717) is 30.7 Å². The summed E-state index contributed by atoms with van der Waals surface area (Å²) in [5, 5.41) is 8.65. The Morgan fingerprint density at radius 2 is 2.00 bits per heavy atom. The molecule has 0 aromatic heterocycles. The first-order chi connectivity index (χ1) is 8.49. The Labute approximate surface area is 103 Å². The maximum absolute atomic E-state index is 12.6. The van der Waals surface area contributed by atoms with E-state index in [4.69, 9.17) is 15.6 Å². The summed E-state index contributed by atoms with van der Waals surface area (Å²) in [6, 6.07) is 3.32. The highest BCUT2D eigenvalue weighted by molar-refractivity contribution is 5.38. The van der Waals surface area contributed by atoms with Crippen LogP contribution in [0, 0.1) is 0 Å². The third kappa shape index (κ3) is 4.19. The summed E-state index contributed by atoms with van der Waals surface area (Å²) in [5.74, 6) is 0.366. The molecule has 3 N–H and O–H groups in total. The SMILES string of the molecule is NCCCc1cc(C(F)(F)F)ccc1OCCO. The normalized spacial score (nSPS) is 11.6. The van der Waals surface area contributed by atoms with Crippen LogP contribution in [0.4, 0.5) is 13.2 Å². The van der Waals surface area contributed by atoms with Crippen molar-refractivity contribution in [3.05, 3.63) is 29.3 Å². The van der Waals surface area contributed by atoms with Gasteiger partial charge in [-0.05, 0) is 43.1 Å². The molecule has 0 fully saturated rings. The molecule has 0 atom stereocenters. The maximum Gasteiger partial charge on any atom is 0.416 e. The molecule has 102 valence electrons. The van der Waals surface area contributed by atoms with Crippen molar-refractivity contribution in [2.75, 3.05) is 19.8 Å². The third-order valence-corrected chi connectivity index (χ3v) is 2.39. The van der Waals surface area contributed by atoms with Crippen LogP contribution in [0.2, 0.25) is 0 Å². The van der Waals surface area contributed by atoms with Gasteiger partial charge in [0.1, 0.15) is 12.4 Å². The van der Waals surface area contributed by atoms with Crippen LogP contribution in [-0.4, -0.2) is 24.9 Å². The molecule has 0 aliphatic rings. The fourth-order valence-electron chi connectivity index (χ4n) is 1.54. The van der Waals surface area contributed by atoms with Crippen LogP contribution in [0.25, 0.3) is 0 Å². The Bertz CT molecular complexity index is 380. The summed E-state index contributed by atoms with van der Waals surface area (Å²) in [6.45, 7) is 0.272. The van der Waals surface area contributed by atoms with E-state index in [9.17, 15) is 13.2 Å². The zero-order valence-electron chi connectivity index (χ0n) is 9.83. The van der Waals surface area contributed by atoms with Gasteiger partial charge in [0.2, 0.25) is 0 Å². The van der Waals surface area contributed by atoms with Crippen LogP contribution in [0.1, 0.15) is 17.5 Å². The summed E-state index contributed by atoms with van der Waals surface area (Å²) in [7, 11) is 0. The molecule has 3 nitrogen and oxygen atoms in total. The number of hydrogen-bond donors (Lipinski definition) is 2. The second-order valence-corrected chi connectivity index (χ2v) is 3.78. The van der Waals surface area contributed by atoms with Gasteiger partial charge in [0.25, 0.3) is 0 Å². The topological polar surface area (TPSA) is 55.5 Å². The zero-order chi connectivity index (χ0) is 13.6. The highest BCUT2D eigenvalue weighted by Gasteiger charge is 2.31. The summed E-state index contributed by atoms with van der Waals surface area (Å²) in [5.41, 5.74) is 5.11. The molecule has 1 aromatic carbocycles. The van der Waals surface area contributed by atoms with Crippen molar-refractivity contribution in [3.8, 4) is 5.75 Å². The molecule has 0 spiro atoms. The van der Waals surface area contributed by atoms with Gasteiger partial charge in [-0.15, -0.1) is 0 Å². The van der Waals surface area contributed by atoms with Crippen LogP contribution in [0.5, 0.6) is 5.75 Å². The van der Waals surface area contributed by atoms with Gasteiger partial charge >= 0.3 is 6.18 Å². The molecule has 0 bridgehead atoms. The minimum atomic E-state index is -4.37. The lowest BCUT2D eigenvalue weighted by Gasteiger charge is -2.14. The van der Waals surface area contributed by atoms with Crippen molar-refractivity contribution in [2.24, 2.45) is 5.73 Å². The molecular weight excluding hydrogens is 247 g/mol. The predicted octanol–water partition coefficient (Wildman–Crippen LogP) is 1.97. The van der Waals surface area contributed by atoms with Gasteiger partial charge < -0.3 is 15.6 Å². The number of aliphatic hydroxyl groups is 1. The van der Waals surface area contributed by atoms with Gasteiger partial charge in [-0.3, -0.25) is 0 Å². The molecule has 0 amide bonds. The lowest BCUT2D eigenvalue weighted by molar-refractivity contribution is -0.137. The molecule has 0 unspecified atom stereocenters. The van der Waals surface area contributed by atoms with E-state index < -0.39 is 11.7 Å². The average Bonchev–Trinajstić information content (AvgIpc) is 2.33. The molecule has 6 heteroatoms. The smallest absolute Gasteiger partial charge is 0.416 e. The molecule has 0 aliphatic heterocycles. The van der Waals surface area contributed by atoms with Crippen molar-refractivity contribution in [1.29, 1.82) is 0 Å². The molecule has 0 saturated heterocycles. The van der Waals surface area contributed by atoms with Crippen LogP contribution >= 0.6 is 0 Å². The number of hydrogen-bond acceptors (Lipinski definition) is 3. The average molecular weight is 263 g/mol. The first kappa shape index (κ1) is 14.8. The molecule has 18 heavy (non-hydrogen) atoms. The lowest BCUT2D eigenvalue weighted by Crippen LogP contribution is -2.09. The Morgan fingerprint density at radius 1 is 1.28 bits per heavy atom. The number of alkyl halides is 3. The van der Waals surface area contributed by atoms with E-state index in [-0.39, 0.29) is 13.2 Å². The lowest BCUT2D eigenvalue weighted by atomic mass is 10.0. The summed E-state index contributed by atoms with van der Waals surface area (Å²) >= 11 is 0. The fourth-order valence-corrected chi connectivity index (χ4v) is 1.54. The highest BCUT2D eigenvalue weighted by atomic mass is 19.4. The zero-order valence-corrected chi connectivity index (χ0v) is 9.83. The number of halogens is 3. The third-order valence-electron chi connectivity index (χ3n) is 2.39. The highest BCUT2D eigenvalue weighted by Crippen LogP contribution is 2.33. The van der Waals surface area contributed by atoms with E-state index in [1.165, 1.54) is 6.07 Å². The van der Waals surface area contributed by atoms with Gasteiger partial charge in [0, 0.05) is 0 Å². The Kier molecular flexibility index (Phi) is 5.43. The van der Waals surface area contributed by atoms with Crippen LogP contribution in [0.15, 0.2) is 18.2 Å². The summed E-state index contributed by atoms with van der Waals surface area (Å²) in [6.07, 6.45) is -3.37. The van der Waals surface area contributed by atoms with Crippen molar-refractivity contribution in [3.63, 3.8) is 0 Å². The molecule has 1 aromatic rings. The van der Waals surface area contributed by atoms with Crippen LogP contribution < -0.4 is 10.5 Å². The van der Waals surface area contributed by atoms with Gasteiger partial charge in [0.05, 0.1) is 12.2 Å². The summed E-state index contributed by atoms with van der Waals surface area (Å²) < 4.78 is 42.9. The Hall–Kier alpha value is -1.27. The quantitative estimate of drug-likeness (QED) is 0.825.